The van der Waals surface area contributed by atoms with Gasteiger partial charge in [0.1, 0.15) is 0 Å². The monoisotopic (exact) mass is 328 g/mol. The van der Waals surface area contributed by atoms with Crippen LogP contribution in [0, 0.1) is 6.92 Å². The number of halogens is 3. The molecule has 0 heterocycles. The van der Waals surface area contributed by atoms with Crippen molar-refractivity contribution in [2.75, 3.05) is 0 Å². The number of hydrogen-bond acceptors (Lipinski definition) is 2. The molecule has 0 bridgehead atoms. The van der Waals surface area contributed by atoms with Crippen molar-refractivity contribution >= 4 is 34.8 Å². The second kappa shape index (κ2) is 6.79. The van der Waals surface area contributed by atoms with E-state index in [4.69, 9.17) is 40.6 Å². The lowest BCUT2D eigenvalue weighted by molar-refractivity contribution is 0.552. The third kappa shape index (κ3) is 3.46. The molecule has 2 aromatic carbocycles. The molecule has 0 fully saturated rings. The zero-order valence-electron chi connectivity index (χ0n) is 11.0. The Labute approximate surface area is 133 Å². The van der Waals surface area contributed by atoms with Gasteiger partial charge in [-0.1, -0.05) is 53.0 Å². The Balaban J connectivity index is 2.31. The summed E-state index contributed by atoms with van der Waals surface area (Å²) < 4.78 is 0. The van der Waals surface area contributed by atoms with Crippen molar-refractivity contribution in [1.82, 2.24) is 5.43 Å². The second-order valence-electron chi connectivity index (χ2n) is 4.63. The fourth-order valence-electron chi connectivity index (χ4n) is 2.09. The second-order valence-corrected chi connectivity index (χ2v) is 5.85. The average Bonchev–Trinajstić information content (AvgIpc) is 2.42. The Morgan fingerprint density at radius 1 is 1.05 bits per heavy atom. The van der Waals surface area contributed by atoms with E-state index < -0.39 is 0 Å². The lowest BCUT2D eigenvalue weighted by Gasteiger charge is -2.19. The fourth-order valence-corrected chi connectivity index (χ4v) is 2.76. The third-order valence-corrected chi connectivity index (χ3v) is 4.39. The Kier molecular flexibility index (Phi) is 5.30. The van der Waals surface area contributed by atoms with Crippen LogP contribution in [0.2, 0.25) is 15.1 Å². The van der Waals surface area contributed by atoms with Crippen molar-refractivity contribution in [3.8, 4) is 0 Å². The molecule has 0 saturated carbocycles. The van der Waals surface area contributed by atoms with E-state index in [-0.39, 0.29) is 6.04 Å². The minimum absolute atomic E-state index is 0.0802. The van der Waals surface area contributed by atoms with Gasteiger partial charge >= 0.3 is 0 Å². The van der Waals surface area contributed by atoms with Gasteiger partial charge in [0.25, 0.3) is 0 Å². The van der Waals surface area contributed by atoms with E-state index in [1.54, 1.807) is 0 Å². The summed E-state index contributed by atoms with van der Waals surface area (Å²) >= 11 is 18.4. The largest absolute Gasteiger partial charge is 0.271 e. The van der Waals surface area contributed by atoms with E-state index in [0.717, 1.165) is 21.7 Å². The highest BCUT2D eigenvalue weighted by molar-refractivity contribution is 6.36. The van der Waals surface area contributed by atoms with Gasteiger partial charge in [0, 0.05) is 15.1 Å². The van der Waals surface area contributed by atoms with E-state index in [2.05, 4.69) is 5.43 Å². The van der Waals surface area contributed by atoms with Gasteiger partial charge in [-0.15, -0.1) is 0 Å². The molecule has 1 unspecified atom stereocenters. The highest BCUT2D eigenvalue weighted by Crippen LogP contribution is 2.30. The molecule has 0 spiro atoms. The lowest BCUT2D eigenvalue weighted by Crippen LogP contribution is -2.29. The van der Waals surface area contributed by atoms with Gasteiger partial charge in [0.05, 0.1) is 6.04 Å². The van der Waals surface area contributed by atoms with Crippen molar-refractivity contribution in [2.24, 2.45) is 5.84 Å². The van der Waals surface area contributed by atoms with E-state index in [0.29, 0.717) is 16.5 Å². The van der Waals surface area contributed by atoms with Crippen LogP contribution in [0.25, 0.3) is 0 Å². The Bertz CT molecular complexity index is 594. The number of rotatable bonds is 4. The molecule has 0 aliphatic carbocycles. The van der Waals surface area contributed by atoms with Crippen LogP contribution in [0.3, 0.4) is 0 Å². The zero-order chi connectivity index (χ0) is 14.7. The lowest BCUT2D eigenvalue weighted by atomic mass is 9.98. The summed E-state index contributed by atoms with van der Waals surface area (Å²) in [6, 6.07) is 11.2. The molecule has 20 heavy (non-hydrogen) atoms. The Morgan fingerprint density at radius 3 is 2.25 bits per heavy atom. The van der Waals surface area contributed by atoms with E-state index in [1.807, 2.05) is 43.3 Å². The molecule has 0 amide bonds. The smallest absolute Gasteiger partial charge is 0.0501 e. The van der Waals surface area contributed by atoms with Crippen molar-refractivity contribution in [1.29, 1.82) is 0 Å². The van der Waals surface area contributed by atoms with Gasteiger partial charge in [-0.05, 0) is 48.2 Å². The normalized spacial score (nSPS) is 12.4. The van der Waals surface area contributed by atoms with Crippen molar-refractivity contribution in [2.45, 2.75) is 19.4 Å². The molecular weight excluding hydrogens is 315 g/mol. The summed E-state index contributed by atoms with van der Waals surface area (Å²) in [5.41, 5.74) is 5.74. The molecule has 0 radical (unpaired) electrons. The minimum atomic E-state index is -0.0802. The van der Waals surface area contributed by atoms with Crippen LogP contribution < -0.4 is 11.3 Å². The topological polar surface area (TPSA) is 38.0 Å². The molecule has 3 N–H and O–H groups in total. The van der Waals surface area contributed by atoms with Crippen LogP contribution in [0.15, 0.2) is 36.4 Å². The Hall–Kier alpha value is -0.770. The molecule has 2 nitrogen and oxygen atoms in total. The minimum Gasteiger partial charge on any atom is -0.271 e. The van der Waals surface area contributed by atoms with Crippen LogP contribution in [0.1, 0.15) is 22.7 Å². The first-order valence-electron chi connectivity index (χ1n) is 6.18. The first kappa shape index (κ1) is 15.6. The van der Waals surface area contributed by atoms with Gasteiger partial charge in [-0.3, -0.25) is 11.3 Å². The van der Waals surface area contributed by atoms with Gasteiger partial charge in [-0.25, -0.2) is 0 Å². The molecule has 1 atom stereocenters. The summed E-state index contributed by atoms with van der Waals surface area (Å²) in [6.45, 7) is 1.96. The van der Waals surface area contributed by atoms with Gasteiger partial charge in [0.15, 0.2) is 0 Å². The average molecular weight is 330 g/mol. The number of nitrogens with one attached hydrogen (secondary N) is 1. The van der Waals surface area contributed by atoms with E-state index >= 15 is 0 Å². The number of nitrogens with two attached hydrogens (primary N) is 1. The van der Waals surface area contributed by atoms with Gasteiger partial charge in [0.2, 0.25) is 0 Å². The van der Waals surface area contributed by atoms with Gasteiger partial charge in [-0.2, -0.15) is 0 Å². The van der Waals surface area contributed by atoms with Crippen LogP contribution in [0.4, 0.5) is 0 Å². The first-order valence-corrected chi connectivity index (χ1v) is 7.31. The van der Waals surface area contributed by atoms with E-state index in [9.17, 15) is 0 Å². The summed E-state index contributed by atoms with van der Waals surface area (Å²) in [5, 5.41) is 2.02. The fraction of sp³-hybridized carbons (Fsp3) is 0.200. The molecule has 2 rings (SSSR count). The summed E-state index contributed by atoms with van der Waals surface area (Å²) in [5.74, 6) is 5.67. The summed E-state index contributed by atoms with van der Waals surface area (Å²) in [7, 11) is 0. The first-order chi connectivity index (χ1) is 9.52. The zero-order valence-corrected chi connectivity index (χ0v) is 13.2. The number of hydrazine groups is 1. The van der Waals surface area contributed by atoms with Crippen LogP contribution >= 0.6 is 34.8 Å². The molecular formula is C15H15Cl3N2. The van der Waals surface area contributed by atoms with Crippen molar-refractivity contribution in [3.63, 3.8) is 0 Å². The number of hydrogen-bond donors (Lipinski definition) is 2. The highest BCUT2D eigenvalue weighted by Gasteiger charge is 2.15. The maximum atomic E-state index is 6.20. The molecule has 2 aromatic rings. The highest BCUT2D eigenvalue weighted by atomic mass is 35.5. The third-order valence-electron chi connectivity index (χ3n) is 3.26. The maximum absolute atomic E-state index is 6.20. The van der Waals surface area contributed by atoms with Crippen LogP contribution in [0.5, 0.6) is 0 Å². The Morgan fingerprint density at radius 2 is 1.70 bits per heavy atom. The molecule has 0 aliphatic rings. The summed E-state index contributed by atoms with van der Waals surface area (Å²) in [4.78, 5) is 0. The van der Waals surface area contributed by atoms with Crippen LogP contribution in [-0.4, -0.2) is 0 Å². The van der Waals surface area contributed by atoms with E-state index in [1.165, 1.54) is 0 Å². The maximum Gasteiger partial charge on any atom is 0.0501 e. The SMILES string of the molecule is Cc1cc(C(Cc2c(Cl)cccc2Cl)NN)ccc1Cl. The molecule has 0 aliphatic heterocycles. The number of aryl methyl sites for hydroxylation is 1. The predicted molar refractivity (Wildman–Crippen MR) is 86.4 cm³/mol. The molecule has 5 heteroatoms. The predicted octanol–water partition coefficient (Wildman–Crippen LogP) is 4.70. The molecule has 0 saturated heterocycles. The number of benzene rings is 2. The van der Waals surface area contributed by atoms with Crippen LogP contribution in [-0.2, 0) is 6.42 Å². The van der Waals surface area contributed by atoms with Crippen molar-refractivity contribution < 1.29 is 0 Å². The molecule has 106 valence electrons. The van der Waals surface area contributed by atoms with Crippen molar-refractivity contribution in [3.05, 3.63) is 68.2 Å². The molecule has 0 aromatic heterocycles. The summed E-state index contributed by atoms with van der Waals surface area (Å²) in [6.07, 6.45) is 0.607. The standard InChI is InChI=1S/C15H15Cl3N2/c1-9-7-10(5-6-12(9)16)15(20-19)8-11-13(17)3-2-4-14(11)18/h2-7,15,20H,8,19H2,1H3. The quantitative estimate of drug-likeness (QED) is 0.630. The van der Waals surface area contributed by atoms with Gasteiger partial charge < -0.3 is 0 Å².